The number of aryl methyl sites for hydroxylation is 1. The fourth-order valence-electron chi connectivity index (χ4n) is 2.42. The van der Waals surface area contributed by atoms with Crippen LogP contribution in [0.25, 0.3) is 0 Å². The van der Waals surface area contributed by atoms with E-state index in [1.54, 1.807) is 13.0 Å². The number of ether oxygens (including phenoxy) is 1. The summed E-state index contributed by atoms with van der Waals surface area (Å²) >= 11 is 0. The molecule has 1 atom stereocenters. The summed E-state index contributed by atoms with van der Waals surface area (Å²) in [5.74, 6) is 0.363. The molecule has 21 heavy (non-hydrogen) atoms. The number of methoxy groups -OCH3 is 1. The minimum Gasteiger partial charge on any atom is -0.494 e. The molecule has 0 aliphatic carbocycles. The molecule has 1 aliphatic heterocycles. The van der Waals surface area contributed by atoms with Crippen LogP contribution in [0, 0.1) is 12.7 Å². The van der Waals surface area contributed by atoms with Gasteiger partial charge in [0.25, 0.3) is 0 Å². The van der Waals surface area contributed by atoms with Gasteiger partial charge in [-0.2, -0.15) is 4.98 Å². The lowest BCUT2D eigenvalue weighted by Crippen LogP contribution is -2.24. The summed E-state index contributed by atoms with van der Waals surface area (Å²) in [4.78, 5) is 17.8. The van der Waals surface area contributed by atoms with Crippen LogP contribution in [0.5, 0.6) is 5.75 Å². The standard InChI is InChI=1S/C14H14FN3O3/c1-8-16-14(21-17-8)9-5-13(19)18(7-9)10-3-4-12(20-2)11(15)6-10/h3-4,6,9H,5,7H2,1-2H3. The molecule has 1 aromatic heterocycles. The lowest BCUT2D eigenvalue weighted by atomic mass is 10.1. The molecule has 0 radical (unpaired) electrons. The van der Waals surface area contributed by atoms with E-state index in [4.69, 9.17) is 9.26 Å². The smallest absolute Gasteiger partial charge is 0.232 e. The fourth-order valence-corrected chi connectivity index (χ4v) is 2.42. The highest BCUT2D eigenvalue weighted by Gasteiger charge is 2.35. The van der Waals surface area contributed by atoms with Crippen LogP contribution in [0.3, 0.4) is 0 Å². The van der Waals surface area contributed by atoms with Crippen LogP contribution in [-0.4, -0.2) is 29.7 Å². The van der Waals surface area contributed by atoms with Gasteiger partial charge in [0.05, 0.1) is 13.0 Å². The van der Waals surface area contributed by atoms with Gasteiger partial charge in [-0.05, 0) is 19.1 Å². The highest BCUT2D eigenvalue weighted by atomic mass is 19.1. The van der Waals surface area contributed by atoms with Crippen molar-refractivity contribution in [3.8, 4) is 5.75 Å². The Bertz CT molecular complexity index is 686. The van der Waals surface area contributed by atoms with E-state index in [2.05, 4.69) is 10.1 Å². The largest absolute Gasteiger partial charge is 0.494 e. The Hall–Kier alpha value is -2.44. The molecule has 7 heteroatoms. The lowest BCUT2D eigenvalue weighted by Gasteiger charge is -2.16. The molecule has 2 heterocycles. The van der Waals surface area contributed by atoms with Gasteiger partial charge in [0.2, 0.25) is 11.8 Å². The zero-order valence-electron chi connectivity index (χ0n) is 11.7. The van der Waals surface area contributed by atoms with Crippen molar-refractivity contribution in [1.29, 1.82) is 0 Å². The Morgan fingerprint density at radius 3 is 2.90 bits per heavy atom. The summed E-state index contributed by atoms with van der Waals surface area (Å²) < 4.78 is 23.7. The summed E-state index contributed by atoms with van der Waals surface area (Å²) in [7, 11) is 1.40. The Morgan fingerprint density at radius 2 is 2.29 bits per heavy atom. The van der Waals surface area contributed by atoms with E-state index in [-0.39, 0.29) is 24.0 Å². The van der Waals surface area contributed by atoms with Gasteiger partial charge in [0, 0.05) is 24.7 Å². The van der Waals surface area contributed by atoms with E-state index in [1.807, 2.05) is 0 Å². The maximum Gasteiger partial charge on any atom is 0.232 e. The van der Waals surface area contributed by atoms with Crippen molar-refractivity contribution >= 4 is 11.6 Å². The minimum atomic E-state index is -0.500. The van der Waals surface area contributed by atoms with Gasteiger partial charge in [-0.25, -0.2) is 4.39 Å². The second-order valence-electron chi connectivity index (χ2n) is 4.90. The molecule has 0 spiro atoms. The number of rotatable bonds is 3. The number of nitrogens with zero attached hydrogens (tertiary/aromatic N) is 3. The van der Waals surface area contributed by atoms with Crippen LogP contribution in [-0.2, 0) is 4.79 Å². The van der Waals surface area contributed by atoms with Crippen molar-refractivity contribution in [3.63, 3.8) is 0 Å². The molecule has 0 saturated carbocycles. The highest BCUT2D eigenvalue weighted by molar-refractivity contribution is 5.96. The number of benzene rings is 1. The zero-order valence-corrected chi connectivity index (χ0v) is 11.7. The Balaban J connectivity index is 1.83. The first kappa shape index (κ1) is 13.5. The number of amides is 1. The Morgan fingerprint density at radius 1 is 1.48 bits per heavy atom. The second-order valence-corrected chi connectivity index (χ2v) is 4.90. The topological polar surface area (TPSA) is 68.5 Å². The third-order valence-electron chi connectivity index (χ3n) is 3.46. The molecule has 1 fully saturated rings. The predicted octanol–water partition coefficient (Wildman–Crippen LogP) is 2.05. The normalized spacial score (nSPS) is 18.3. The molecule has 2 aromatic rings. The van der Waals surface area contributed by atoms with Gasteiger partial charge in [0.15, 0.2) is 17.4 Å². The van der Waals surface area contributed by atoms with Crippen LogP contribution in [0.15, 0.2) is 22.7 Å². The summed E-state index contributed by atoms with van der Waals surface area (Å²) in [6.07, 6.45) is 0.273. The first-order valence-electron chi connectivity index (χ1n) is 6.52. The van der Waals surface area contributed by atoms with Gasteiger partial charge in [0.1, 0.15) is 0 Å². The number of carbonyl (C=O) groups is 1. The zero-order chi connectivity index (χ0) is 15.0. The molecule has 0 N–H and O–H groups in total. The van der Waals surface area contributed by atoms with Crippen molar-refractivity contribution in [3.05, 3.63) is 35.7 Å². The predicted molar refractivity (Wildman–Crippen MR) is 71.7 cm³/mol. The van der Waals surface area contributed by atoms with Crippen molar-refractivity contribution in [2.24, 2.45) is 0 Å². The molecule has 1 aromatic carbocycles. The number of anilines is 1. The molecule has 1 saturated heterocycles. The molecule has 110 valence electrons. The van der Waals surface area contributed by atoms with E-state index in [0.29, 0.717) is 23.9 Å². The summed E-state index contributed by atoms with van der Waals surface area (Å²) in [5, 5.41) is 3.73. The van der Waals surface area contributed by atoms with Gasteiger partial charge in [-0.3, -0.25) is 4.79 Å². The summed E-state index contributed by atoms with van der Waals surface area (Å²) in [5.41, 5.74) is 0.497. The Kier molecular flexibility index (Phi) is 3.32. The monoisotopic (exact) mass is 291 g/mol. The SMILES string of the molecule is COc1ccc(N2CC(c3nc(C)no3)CC2=O)cc1F. The molecular formula is C14H14FN3O3. The molecule has 1 aliphatic rings. The molecule has 1 amide bonds. The van der Waals surface area contributed by atoms with Gasteiger partial charge in [-0.15, -0.1) is 0 Å². The molecule has 3 rings (SSSR count). The van der Waals surface area contributed by atoms with Gasteiger partial charge in [-0.1, -0.05) is 5.16 Å². The van der Waals surface area contributed by atoms with E-state index in [1.165, 1.54) is 24.1 Å². The van der Waals surface area contributed by atoms with Crippen molar-refractivity contribution < 1.29 is 18.4 Å². The molecule has 6 nitrogen and oxygen atoms in total. The second kappa shape index (κ2) is 5.16. The third kappa shape index (κ3) is 2.46. The summed E-state index contributed by atoms with van der Waals surface area (Å²) in [6.45, 7) is 2.12. The van der Waals surface area contributed by atoms with E-state index >= 15 is 0 Å². The highest BCUT2D eigenvalue weighted by Crippen LogP contribution is 2.32. The fraction of sp³-hybridized carbons (Fsp3) is 0.357. The molecular weight excluding hydrogens is 277 g/mol. The number of halogens is 1. The van der Waals surface area contributed by atoms with Gasteiger partial charge >= 0.3 is 0 Å². The quantitative estimate of drug-likeness (QED) is 0.865. The van der Waals surface area contributed by atoms with E-state index in [0.717, 1.165) is 0 Å². The van der Waals surface area contributed by atoms with E-state index in [9.17, 15) is 9.18 Å². The van der Waals surface area contributed by atoms with Crippen LogP contribution in [0.4, 0.5) is 10.1 Å². The summed E-state index contributed by atoms with van der Waals surface area (Å²) in [6, 6.07) is 4.45. The van der Waals surface area contributed by atoms with Crippen molar-refractivity contribution in [2.75, 3.05) is 18.6 Å². The number of hydrogen-bond acceptors (Lipinski definition) is 5. The molecule has 1 unspecified atom stereocenters. The van der Waals surface area contributed by atoms with Crippen LogP contribution < -0.4 is 9.64 Å². The number of aromatic nitrogens is 2. The Labute approximate surface area is 120 Å². The average Bonchev–Trinajstić information content (AvgIpc) is 3.05. The van der Waals surface area contributed by atoms with Gasteiger partial charge < -0.3 is 14.2 Å². The van der Waals surface area contributed by atoms with Crippen LogP contribution in [0.2, 0.25) is 0 Å². The first-order chi connectivity index (χ1) is 10.1. The van der Waals surface area contributed by atoms with Crippen molar-refractivity contribution in [1.82, 2.24) is 10.1 Å². The third-order valence-corrected chi connectivity index (χ3v) is 3.46. The van der Waals surface area contributed by atoms with Crippen LogP contribution >= 0.6 is 0 Å². The number of carbonyl (C=O) groups excluding carboxylic acids is 1. The van der Waals surface area contributed by atoms with Crippen LogP contribution in [0.1, 0.15) is 24.1 Å². The lowest BCUT2D eigenvalue weighted by molar-refractivity contribution is -0.117. The average molecular weight is 291 g/mol. The van der Waals surface area contributed by atoms with E-state index < -0.39 is 5.82 Å². The first-order valence-corrected chi connectivity index (χ1v) is 6.52. The maximum atomic E-state index is 13.8. The maximum absolute atomic E-state index is 13.8. The minimum absolute atomic E-state index is 0.0968. The molecule has 0 bridgehead atoms. The number of hydrogen-bond donors (Lipinski definition) is 0. The van der Waals surface area contributed by atoms with Crippen molar-refractivity contribution in [2.45, 2.75) is 19.3 Å².